The van der Waals surface area contributed by atoms with Gasteiger partial charge in [-0.3, -0.25) is 4.79 Å². The van der Waals surface area contributed by atoms with E-state index in [-0.39, 0.29) is 12.5 Å². The van der Waals surface area contributed by atoms with Crippen LogP contribution in [0, 0.1) is 6.92 Å². The van der Waals surface area contributed by atoms with Crippen molar-refractivity contribution in [3.63, 3.8) is 0 Å². The van der Waals surface area contributed by atoms with E-state index in [1.165, 1.54) is 12.1 Å². The predicted octanol–water partition coefficient (Wildman–Crippen LogP) is 3.82. The van der Waals surface area contributed by atoms with Gasteiger partial charge in [-0.2, -0.15) is 13.2 Å². The average Bonchev–Trinajstić information content (AvgIpc) is 2.92. The van der Waals surface area contributed by atoms with Gasteiger partial charge < -0.3 is 10.3 Å². The highest BCUT2D eigenvalue weighted by molar-refractivity contribution is 6.04. The summed E-state index contributed by atoms with van der Waals surface area (Å²) in [5.41, 5.74) is 1.62. The minimum atomic E-state index is -4.37. The van der Waals surface area contributed by atoms with Gasteiger partial charge in [0.15, 0.2) is 0 Å². The highest BCUT2D eigenvalue weighted by Crippen LogP contribution is 2.29. The van der Waals surface area contributed by atoms with Gasteiger partial charge in [-0.25, -0.2) is 4.98 Å². The molecule has 1 heterocycles. The Morgan fingerprint density at radius 2 is 1.88 bits per heavy atom. The van der Waals surface area contributed by atoms with Crippen LogP contribution < -0.4 is 5.32 Å². The van der Waals surface area contributed by atoms with E-state index in [0.717, 1.165) is 17.6 Å². The van der Waals surface area contributed by atoms with E-state index in [0.29, 0.717) is 22.5 Å². The molecular weight excluding hydrogens is 319 g/mol. The Hall–Kier alpha value is -2.83. The molecule has 0 bridgehead atoms. The fourth-order valence-electron chi connectivity index (χ4n) is 2.43. The molecule has 4 nitrogen and oxygen atoms in total. The molecule has 3 aromatic rings. The number of amides is 1. The summed E-state index contributed by atoms with van der Waals surface area (Å²) < 4.78 is 37.6. The molecule has 0 saturated heterocycles. The molecule has 0 aliphatic heterocycles. The molecule has 3 rings (SSSR count). The second-order valence-electron chi connectivity index (χ2n) is 5.40. The van der Waals surface area contributed by atoms with E-state index in [2.05, 4.69) is 15.3 Å². The summed E-state index contributed by atoms with van der Waals surface area (Å²) in [6.07, 6.45) is -4.37. The Balaban J connectivity index is 1.73. The van der Waals surface area contributed by atoms with Crippen LogP contribution in [0.5, 0.6) is 0 Å². The van der Waals surface area contributed by atoms with Gasteiger partial charge >= 0.3 is 6.18 Å². The molecule has 124 valence electrons. The summed E-state index contributed by atoms with van der Waals surface area (Å²) in [6, 6.07) is 9.92. The quantitative estimate of drug-likeness (QED) is 0.765. The first-order valence-corrected chi connectivity index (χ1v) is 7.24. The van der Waals surface area contributed by atoms with Crippen molar-refractivity contribution in [3.05, 3.63) is 65.0 Å². The molecule has 2 N–H and O–H groups in total. The van der Waals surface area contributed by atoms with Gasteiger partial charge in [-0.15, -0.1) is 0 Å². The van der Waals surface area contributed by atoms with Gasteiger partial charge in [-0.1, -0.05) is 18.2 Å². The van der Waals surface area contributed by atoms with Crippen LogP contribution in [0.1, 0.15) is 27.3 Å². The number of aryl methyl sites for hydroxylation is 1. The van der Waals surface area contributed by atoms with Crippen LogP contribution in [0.3, 0.4) is 0 Å². The standard InChI is InChI=1S/C17H14F3N3O/c1-10-22-14-4-2-3-13(15(14)23-10)16(24)21-9-11-5-7-12(8-6-11)17(18,19)20/h2-8H,9H2,1H3,(H,21,24)(H,22,23). The number of carbonyl (C=O) groups excluding carboxylic acids is 1. The number of nitrogens with one attached hydrogen (secondary N) is 2. The Morgan fingerprint density at radius 1 is 1.17 bits per heavy atom. The zero-order valence-electron chi connectivity index (χ0n) is 12.7. The number of alkyl halides is 3. The number of aromatic nitrogens is 2. The van der Waals surface area contributed by atoms with Crippen molar-refractivity contribution >= 4 is 16.9 Å². The number of fused-ring (bicyclic) bond motifs is 1. The molecule has 0 saturated carbocycles. The molecule has 1 amide bonds. The summed E-state index contributed by atoms with van der Waals surface area (Å²) >= 11 is 0. The van der Waals surface area contributed by atoms with Crippen LogP contribution in [0.25, 0.3) is 11.0 Å². The normalized spacial score (nSPS) is 11.7. The molecule has 0 unspecified atom stereocenters. The maximum atomic E-state index is 12.5. The number of hydrogen-bond acceptors (Lipinski definition) is 2. The largest absolute Gasteiger partial charge is 0.416 e. The number of H-pyrrole nitrogens is 1. The molecule has 0 spiro atoms. The summed E-state index contributed by atoms with van der Waals surface area (Å²) in [5, 5.41) is 2.70. The average molecular weight is 333 g/mol. The second kappa shape index (κ2) is 5.99. The molecule has 0 aliphatic rings. The lowest BCUT2D eigenvalue weighted by molar-refractivity contribution is -0.137. The van der Waals surface area contributed by atoms with Crippen LogP contribution in [0.15, 0.2) is 42.5 Å². The fraction of sp³-hybridized carbons (Fsp3) is 0.176. The van der Waals surface area contributed by atoms with Crippen LogP contribution in [-0.2, 0) is 12.7 Å². The number of benzene rings is 2. The van der Waals surface area contributed by atoms with E-state index < -0.39 is 11.7 Å². The predicted molar refractivity (Wildman–Crippen MR) is 83.4 cm³/mol. The Bertz CT molecular complexity index is 882. The van der Waals surface area contributed by atoms with Crippen LogP contribution in [0.2, 0.25) is 0 Å². The zero-order valence-corrected chi connectivity index (χ0v) is 12.7. The Labute approximate surface area is 135 Å². The van der Waals surface area contributed by atoms with Crippen molar-refractivity contribution in [1.29, 1.82) is 0 Å². The summed E-state index contributed by atoms with van der Waals surface area (Å²) in [5.74, 6) is 0.375. The first-order valence-electron chi connectivity index (χ1n) is 7.24. The summed E-state index contributed by atoms with van der Waals surface area (Å²) in [4.78, 5) is 19.7. The summed E-state index contributed by atoms with van der Waals surface area (Å²) in [7, 11) is 0. The van der Waals surface area contributed by atoms with Gasteiger partial charge in [0, 0.05) is 6.54 Å². The molecular formula is C17H14F3N3O. The molecule has 1 aromatic heterocycles. The van der Waals surface area contributed by atoms with Crippen LogP contribution in [-0.4, -0.2) is 15.9 Å². The first kappa shape index (κ1) is 16.0. The van der Waals surface area contributed by atoms with E-state index in [9.17, 15) is 18.0 Å². The minimum Gasteiger partial charge on any atom is -0.348 e. The van der Waals surface area contributed by atoms with Gasteiger partial charge in [0.2, 0.25) is 0 Å². The molecule has 0 fully saturated rings. The van der Waals surface area contributed by atoms with Crippen molar-refractivity contribution in [2.45, 2.75) is 19.6 Å². The highest BCUT2D eigenvalue weighted by atomic mass is 19.4. The lowest BCUT2D eigenvalue weighted by Gasteiger charge is -2.09. The van der Waals surface area contributed by atoms with Gasteiger partial charge in [-0.05, 0) is 36.8 Å². The van der Waals surface area contributed by atoms with E-state index in [4.69, 9.17) is 0 Å². The third-order valence-electron chi connectivity index (χ3n) is 3.61. The second-order valence-corrected chi connectivity index (χ2v) is 5.40. The van der Waals surface area contributed by atoms with Crippen LogP contribution >= 0.6 is 0 Å². The number of halogens is 3. The topological polar surface area (TPSA) is 57.8 Å². The number of para-hydroxylation sites is 1. The zero-order chi connectivity index (χ0) is 17.3. The molecule has 2 aromatic carbocycles. The van der Waals surface area contributed by atoms with E-state index in [1.807, 2.05) is 6.07 Å². The maximum absolute atomic E-state index is 12.5. The van der Waals surface area contributed by atoms with E-state index in [1.54, 1.807) is 19.1 Å². The number of nitrogens with zero attached hydrogens (tertiary/aromatic N) is 1. The Kier molecular flexibility index (Phi) is 4.01. The highest BCUT2D eigenvalue weighted by Gasteiger charge is 2.29. The number of imidazole rings is 1. The molecule has 0 radical (unpaired) electrons. The van der Waals surface area contributed by atoms with Crippen molar-refractivity contribution in [1.82, 2.24) is 15.3 Å². The SMILES string of the molecule is Cc1nc2c(C(=O)NCc3ccc(C(F)(F)F)cc3)cccc2[nH]1. The number of hydrogen-bond donors (Lipinski definition) is 2. The fourth-order valence-corrected chi connectivity index (χ4v) is 2.43. The first-order chi connectivity index (χ1) is 11.3. The van der Waals surface area contributed by atoms with Crippen molar-refractivity contribution in [3.8, 4) is 0 Å². The number of carbonyl (C=O) groups is 1. The molecule has 7 heteroatoms. The van der Waals surface area contributed by atoms with Gasteiger partial charge in [0.25, 0.3) is 5.91 Å². The monoisotopic (exact) mass is 333 g/mol. The van der Waals surface area contributed by atoms with Crippen LogP contribution in [0.4, 0.5) is 13.2 Å². The lowest BCUT2D eigenvalue weighted by Crippen LogP contribution is -2.23. The summed E-state index contributed by atoms with van der Waals surface area (Å²) in [6.45, 7) is 1.93. The maximum Gasteiger partial charge on any atom is 0.416 e. The Morgan fingerprint density at radius 3 is 2.54 bits per heavy atom. The number of rotatable bonds is 3. The third kappa shape index (κ3) is 3.24. The van der Waals surface area contributed by atoms with Crippen molar-refractivity contribution < 1.29 is 18.0 Å². The molecule has 0 atom stereocenters. The van der Waals surface area contributed by atoms with Gasteiger partial charge in [0.05, 0.1) is 16.6 Å². The van der Waals surface area contributed by atoms with Gasteiger partial charge in [0.1, 0.15) is 11.3 Å². The smallest absolute Gasteiger partial charge is 0.348 e. The van der Waals surface area contributed by atoms with Crippen molar-refractivity contribution in [2.24, 2.45) is 0 Å². The van der Waals surface area contributed by atoms with Crippen molar-refractivity contribution in [2.75, 3.05) is 0 Å². The molecule has 0 aliphatic carbocycles. The molecule has 24 heavy (non-hydrogen) atoms. The minimum absolute atomic E-state index is 0.136. The number of aromatic amines is 1. The third-order valence-corrected chi connectivity index (χ3v) is 3.61. The van der Waals surface area contributed by atoms with E-state index >= 15 is 0 Å². The lowest BCUT2D eigenvalue weighted by atomic mass is 10.1.